The highest BCUT2D eigenvalue weighted by Gasteiger charge is 2.13. The van der Waals surface area contributed by atoms with Crippen molar-refractivity contribution in [3.63, 3.8) is 0 Å². The van der Waals surface area contributed by atoms with Crippen molar-refractivity contribution in [1.82, 2.24) is 0 Å². The molecule has 3 heteroatoms. The normalized spacial score (nSPS) is 12.6. The summed E-state index contributed by atoms with van der Waals surface area (Å²) >= 11 is 9.68. The molecule has 1 nitrogen and oxygen atoms in total. The van der Waals surface area contributed by atoms with Crippen molar-refractivity contribution in [2.75, 3.05) is 11.9 Å². The predicted octanol–water partition coefficient (Wildman–Crippen LogP) is 5.76. The summed E-state index contributed by atoms with van der Waals surface area (Å²) in [5, 5.41) is 1.57. The van der Waals surface area contributed by atoms with Crippen LogP contribution in [-0.2, 0) is 4.74 Å². The van der Waals surface area contributed by atoms with Crippen LogP contribution in [0.1, 0.15) is 50.7 Å². The van der Waals surface area contributed by atoms with Gasteiger partial charge in [0.25, 0.3) is 0 Å². The van der Waals surface area contributed by atoms with Gasteiger partial charge in [0, 0.05) is 22.5 Å². The van der Waals surface area contributed by atoms with Gasteiger partial charge >= 0.3 is 0 Å². The Morgan fingerprint density at radius 2 is 1.89 bits per heavy atom. The topological polar surface area (TPSA) is 9.23 Å². The second-order valence-electron chi connectivity index (χ2n) is 4.45. The number of rotatable bonds is 9. The second-order valence-corrected chi connectivity index (χ2v) is 5.50. The highest BCUT2D eigenvalue weighted by Crippen LogP contribution is 2.27. The van der Waals surface area contributed by atoms with E-state index in [9.17, 15) is 0 Å². The lowest BCUT2D eigenvalue weighted by Crippen LogP contribution is -2.07. The molecule has 102 valence electrons. The molecular weight excluding hydrogens is 312 g/mol. The molecule has 0 bridgehead atoms. The lowest BCUT2D eigenvalue weighted by Gasteiger charge is -2.17. The van der Waals surface area contributed by atoms with Gasteiger partial charge in [-0.1, -0.05) is 78.3 Å². The Hall–Kier alpha value is -0.0500. The van der Waals surface area contributed by atoms with Gasteiger partial charge in [-0.2, -0.15) is 0 Å². The molecule has 0 aromatic heterocycles. The molecule has 1 aromatic rings. The molecule has 0 aliphatic rings. The van der Waals surface area contributed by atoms with E-state index < -0.39 is 0 Å². The lowest BCUT2D eigenvalue weighted by atomic mass is 10.1. The van der Waals surface area contributed by atoms with Gasteiger partial charge < -0.3 is 4.74 Å². The van der Waals surface area contributed by atoms with E-state index in [2.05, 4.69) is 22.9 Å². The van der Waals surface area contributed by atoms with E-state index in [0.29, 0.717) is 0 Å². The number of alkyl halides is 1. The Morgan fingerprint density at radius 1 is 1.17 bits per heavy atom. The fourth-order valence-corrected chi connectivity index (χ4v) is 2.68. The molecule has 0 radical (unpaired) electrons. The third kappa shape index (κ3) is 5.73. The van der Waals surface area contributed by atoms with E-state index in [1.807, 2.05) is 24.3 Å². The molecule has 1 atom stereocenters. The molecule has 0 spiro atoms. The van der Waals surface area contributed by atoms with Crippen LogP contribution in [0.15, 0.2) is 24.3 Å². The Morgan fingerprint density at radius 3 is 2.56 bits per heavy atom. The van der Waals surface area contributed by atoms with E-state index in [1.165, 1.54) is 25.7 Å². The number of unbranched alkanes of at least 4 members (excludes halogenated alkanes) is 4. The summed E-state index contributed by atoms with van der Waals surface area (Å²) in [4.78, 5) is 0. The number of halogens is 2. The fraction of sp³-hybridized carbons (Fsp3) is 0.600. The first-order valence-corrected chi connectivity index (χ1v) is 8.21. The maximum absolute atomic E-state index is 6.18. The molecule has 0 saturated heterocycles. The van der Waals surface area contributed by atoms with Crippen molar-refractivity contribution in [2.24, 2.45) is 0 Å². The third-order valence-corrected chi connectivity index (χ3v) is 3.89. The minimum Gasteiger partial charge on any atom is -0.373 e. The summed E-state index contributed by atoms with van der Waals surface area (Å²) < 4.78 is 5.91. The van der Waals surface area contributed by atoms with E-state index in [-0.39, 0.29) is 6.10 Å². The van der Waals surface area contributed by atoms with Crippen molar-refractivity contribution < 1.29 is 4.74 Å². The number of ether oxygens (including phenoxy) is 1. The van der Waals surface area contributed by atoms with Crippen LogP contribution in [0.2, 0.25) is 5.02 Å². The largest absolute Gasteiger partial charge is 0.373 e. The van der Waals surface area contributed by atoms with Crippen LogP contribution in [-0.4, -0.2) is 11.9 Å². The summed E-state index contributed by atoms with van der Waals surface area (Å²) in [7, 11) is 0. The third-order valence-electron chi connectivity index (χ3n) is 2.96. The molecule has 0 fully saturated rings. The molecular formula is C15H22BrClO. The monoisotopic (exact) mass is 332 g/mol. The summed E-state index contributed by atoms with van der Waals surface area (Å²) in [6.07, 6.45) is 6.37. The quantitative estimate of drug-likeness (QED) is 0.412. The fourth-order valence-electron chi connectivity index (χ4n) is 1.88. The summed E-state index contributed by atoms with van der Waals surface area (Å²) in [6.45, 7) is 3.04. The maximum Gasteiger partial charge on any atom is 0.0935 e. The molecule has 0 aliphatic carbocycles. The first-order chi connectivity index (χ1) is 8.79. The maximum atomic E-state index is 6.18. The van der Waals surface area contributed by atoms with Crippen LogP contribution in [0.4, 0.5) is 0 Å². The van der Waals surface area contributed by atoms with Crippen molar-refractivity contribution >= 4 is 27.5 Å². The highest BCUT2D eigenvalue weighted by molar-refractivity contribution is 9.09. The lowest BCUT2D eigenvalue weighted by molar-refractivity contribution is 0.0668. The van der Waals surface area contributed by atoms with Crippen LogP contribution < -0.4 is 0 Å². The Labute approximate surface area is 124 Å². The molecule has 1 unspecified atom stereocenters. The second kappa shape index (κ2) is 9.82. The van der Waals surface area contributed by atoms with Crippen molar-refractivity contribution in [2.45, 2.75) is 45.1 Å². The zero-order chi connectivity index (χ0) is 13.2. The van der Waals surface area contributed by atoms with Crippen molar-refractivity contribution in [3.8, 4) is 0 Å². The number of hydrogen-bond donors (Lipinski definition) is 0. The molecule has 1 rings (SSSR count). The van der Waals surface area contributed by atoms with E-state index in [4.69, 9.17) is 16.3 Å². The molecule has 0 heterocycles. The van der Waals surface area contributed by atoms with E-state index >= 15 is 0 Å². The van der Waals surface area contributed by atoms with Crippen LogP contribution in [0, 0.1) is 0 Å². The van der Waals surface area contributed by atoms with Gasteiger partial charge in [0.2, 0.25) is 0 Å². The van der Waals surface area contributed by atoms with Gasteiger partial charge in [-0.05, 0) is 12.5 Å². The number of hydrogen-bond acceptors (Lipinski definition) is 1. The van der Waals surface area contributed by atoms with E-state index in [1.54, 1.807) is 0 Å². The summed E-state index contributed by atoms with van der Waals surface area (Å²) in [5.74, 6) is 0. The Bertz CT molecular complexity index is 330. The zero-order valence-corrected chi connectivity index (χ0v) is 13.3. The van der Waals surface area contributed by atoms with Gasteiger partial charge in [-0.25, -0.2) is 0 Å². The predicted molar refractivity (Wildman–Crippen MR) is 82.7 cm³/mol. The molecule has 1 aromatic carbocycles. The molecule has 0 saturated carbocycles. The average Bonchev–Trinajstić information content (AvgIpc) is 2.39. The minimum absolute atomic E-state index is 0.0601. The Balaban J connectivity index is 2.32. The molecule has 0 amide bonds. The van der Waals surface area contributed by atoms with Crippen LogP contribution in [0.3, 0.4) is 0 Å². The van der Waals surface area contributed by atoms with Gasteiger partial charge in [-0.3, -0.25) is 0 Å². The Kier molecular flexibility index (Phi) is 8.74. The molecule has 0 N–H and O–H groups in total. The highest BCUT2D eigenvalue weighted by atomic mass is 79.9. The number of benzene rings is 1. The SMILES string of the molecule is CCCCCCCOC(CBr)c1ccccc1Cl. The summed E-state index contributed by atoms with van der Waals surface area (Å²) in [5.41, 5.74) is 1.07. The van der Waals surface area contributed by atoms with Gasteiger partial charge in [0.05, 0.1) is 6.10 Å². The van der Waals surface area contributed by atoms with E-state index in [0.717, 1.165) is 28.9 Å². The smallest absolute Gasteiger partial charge is 0.0935 e. The standard InChI is InChI=1S/C15H22BrClO/c1-2-3-4-5-8-11-18-15(12-16)13-9-6-7-10-14(13)17/h6-7,9-10,15H,2-5,8,11-12H2,1H3. The summed E-state index contributed by atoms with van der Waals surface area (Å²) in [6, 6.07) is 7.89. The first-order valence-electron chi connectivity index (χ1n) is 6.71. The zero-order valence-electron chi connectivity index (χ0n) is 11.0. The molecule has 18 heavy (non-hydrogen) atoms. The van der Waals surface area contributed by atoms with Crippen LogP contribution >= 0.6 is 27.5 Å². The van der Waals surface area contributed by atoms with Crippen molar-refractivity contribution in [3.05, 3.63) is 34.9 Å². The van der Waals surface area contributed by atoms with Gasteiger partial charge in [0.15, 0.2) is 0 Å². The minimum atomic E-state index is 0.0601. The molecule has 0 aliphatic heterocycles. The van der Waals surface area contributed by atoms with Crippen molar-refractivity contribution in [1.29, 1.82) is 0 Å². The van der Waals surface area contributed by atoms with Gasteiger partial charge in [-0.15, -0.1) is 0 Å². The first kappa shape index (κ1) is 16.0. The van der Waals surface area contributed by atoms with Crippen LogP contribution in [0.25, 0.3) is 0 Å². The average molecular weight is 334 g/mol. The van der Waals surface area contributed by atoms with Gasteiger partial charge in [0.1, 0.15) is 0 Å². The van der Waals surface area contributed by atoms with Crippen LogP contribution in [0.5, 0.6) is 0 Å².